The minimum Gasteiger partial charge on any atom is -0.456 e. The molecule has 51 heavy (non-hydrogen) atoms. The summed E-state index contributed by atoms with van der Waals surface area (Å²) in [6.07, 6.45) is 6.28. The van der Waals surface area contributed by atoms with E-state index in [1.807, 2.05) is 0 Å². The molecule has 0 atom stereocenters. The van der Waals surface area contributed by atoms with Crippen LogP contribution in [0.1, 0.15) is 17.7 Å². The van der Waals surface area contributed by atoms with Gasteiger partial charge in [-0.25, -0.2) is 15.0 Å². The second-order valence-electron chi connectivity index (χ2n) is 13.1. The molecule has 0 radical (unpaired) electrons. The fraction of sp³-hybridized carbons (Fsp3) is 0.0444. The van der Waals surface area contributed by atoms with Gasteiger partial charge in [0, 0.05) is 64.3 Å². The molecule has 6 aromatic carbocycles. The molecule has 0 spiro atoms. The Hall–Kier alpha value is -6.37. The number of hydrogen-bond donors (Lipinski definition) is 0. The number of hydrogen-bond acceptors (Lipinski definition) is 5. The number of rotatable bonds is 4. The number of thiophene rings is 1. The van der Waals surface area contributed by atoms with E-state index in [0.717, 1.165) is 73.8 Å². The number of fused-ring (bicyclic) bond motifs is 9. The number of aryl methyl sites for hydroxylation is 1. The van der Waals surface area contributed by atoms with Gasteiger partial charge in [-0.2, -0.15) is 0 Å². The van der Waals surface area contributed by atoms with E-state index < -0.39 is 0 Å². The summed E-state index contributed by atoms with van der Waals surface area (Å²) < 4.78 is 11.2. The average molecular weight is 673 g/mol. The molecule has 6 heteroatoms. The van der Waals surface area contributed by atoms with Crippen LogP contribution < -0.4 is 0 Å². The summed E-state index contributed by atoms with van der Waals surface area (Å²) in [6.45, 7) is 0. The Labute approximate surface area is 296 Å². The van der Waals surface area contributed by atoms with Gasteiger partial charge >= 0.3 is 0 Å². The van der Waals surface area contributed by atoms with Crippen LogP contribution in [0.4, 0.5) is 0 Å². The molecule has 1 aliphatic carbocycles. The first-order valence-corrected chi connectivity index (χ1v) is 18.1. The first-order valence-electron chi connectivity index (χ1n) is 17.3. The minimum absolute atomic E-state index is 0.613. The third-order valence-corrected chi connectivity index (χ3v) is 11.3. The molecular weight excluding hydrogens is 645 g/mol. The van der Waals surface area contributed by atoms with Crippen LogP contribution in [0.2, 0.25) is 0 Å². The van der Waals surface area contributed by atoms with E-state index in [9.17, 15) is 0 Å². The Balaban J connectivity index is 1.20. The Morgan fingerprint density at radius 1 is 0.569 bits per heavy atom. The second-order valence-corrected chi connectivity index (χ2v) is 14.2. The maximum atomic E-state index is 6.37. The monoisotopic (exact) mass is 672 g/mol. The predicted molar refractivity (Wildman–Crippen MR) is 210 cm³/mol. The highest BCUT2D eigenvalue weighted by molar-refractivity contribution is 7.25. The van der Waals surface area contributed by atoms with Crippen LogP contribution in [-0.2, 0) is 6.42 Å². The molecule has 0 saturated heterocycles. The summed E-state index contributed by atoms with van der Waals surface area (Å²) in [5, 5.41) is 5.79. The molecule has 0 unspecified atom stereocenters. The van der Waals surface area contributed by atoms with Gasteiger partial charge in [0.1, 0.15) is 11.3 Å². The fourth-order valence-electron chi connectivity index (χ4n) is 7.89. The fourth-order valence-corrected chi connectivity index (χ4v) is 9.02. The molecule has 11 rings (SSSR count). The average Bonchev–Trinajstić information content (AvgIpc) is 3.87. The lowest BCUT2D eigenvalue weighted by molar-refractivity contribution is 0.595. The molecule has 0 bridgehead atoms. The van der Waals surface area contributed by atoms with Crippen molar-refractivity contribution in [3.05, 3.63) is 151 Å². The Morgan fingerprint density at radius 3 is 2.16 bits per heavy atom. The van der Waals surface area contributed by atoms with Gasteiger partial charge in [0.15, 0.2) is 17.5 Å². The lowest BCUT2D eigenvalue weighted by atomic mass is 10.0. The van der Waals surface area contributed by atoms with Gasteiger partial charge in [-0.1, -0.05) is 97.1 Å². The molecule has 240 valence electrons. The van der Waals surface area contributed by atoms with E-state index >= 15 is 0 Å². The van der Waals surface area contributed by atoms with Gasteiger partial charge in [-0.05, 0) is 61.4 Å². The van der Waals surface area contributed by atoms with Gasteiger partial charge in [0.25, 0.3) is 0 Å². The maximum Gasteiger partial charge on any atom is 0.164 e. The Kier molecular flexibility index (Phi) is 6.18. The highest BCUT2D eigenvalue weighted by atomic mass is 32.1. The van der Waals surface area contributed by atoms with E-state index in [1.54, 1.807) is 11.3 Å². The first kappa shape index (κ1) is 28.5. The van der Waals surface area contributed by atoms with Crippen LogP contribution in [0.3, 0.4) is 0 Å². The lowest BCUT2D eigenvalue weighted by Crippen LogP contribution is -2.01. The van der Waals surface area contributed by atoms with Crippen molar-refractivity contribution >= 4 is 70.4 Å². The number of furan rings is 1. The third-order valence-electron chi connectivity index (χ3n) is 10.1. The van der Waals surface area contributed by atoms with Gasteiger partial charge in [-0.15, -0.1) is 11.3 Å². The van der Waals surface area contributed by atoms with E-state index in [-0.39, 0.29) is 0 Å². The Morgan fingerprint density at radius 2 is 1.27 bits per heavy atom. The summed E-state index contributed by atoms with van der Waals surface area (Å²) in [5.74, 6) is 2.84. The smallest absolute Gasteiger partial charge is 0.164 e. The van der Waals surface area contributed by atoms with Gasteiger partial charge in [0.05, 0.1) is 11.0 Å². The second kappa shape index (κ2) is 11.1. The molecule has 0 aliphatic heterocycles. The molecule has 4 heterocycles. The number of para-hydroxylation sites is 2. The van der Waals surface area contributed by atoms with E-state index in [0.29, 0.717) is 17.5 Å². The summed E-state index contributed by atoms with van der Waals surface area (Å²) in [7, 11) is 0. The van der Waals surface area contributed by atoms with Crippen LogP contribution in [0, 0.1) is 0 Å². The van der Waals surface area contributed by atoms with Crippen molar-refractivity contribution in [1.82, 2.24) is 19.5 Å². The number of benzene rings is 6. The van der Waals surface area contributed by atoms with Crippen molar-refractivity contribution in [3.63, 3.8) is 0 Å². The SMILES string of the molecule is C1=Cc2oc3cc(-c4nc(-c5cccc6sc7ccccc7c56)nc(-c5cccc6c5c5ccccc5n6-c5ccccc5)n4)ccc3c2CC1. The van der Waals surface area contributed by atoms with Crippen LogP contribution in [0.5, 0.6) is 0 Å². The summed E-state index contributed by atoms with van der Waals surface area (Å²) >= 11 is 1.80. The topological polar surface area (TPSA) is 56.7 Å². The van der Waals surface area contributed by atoms with Crippen molar-refractivity contribution in [2.45, 2.75) is 12.8 Å². The largest absolute Gasteiger partial charge is 0.456 e. The van der Waals surface area contributed by atoms with E-state index in [4.69, 9.17) is 19.4 Å². The molecular formula is C45H28N4OS. The number of aromatic nitrogens is 4. The highest BCUT2D eigenvalue weighted by Crippen LogP contribution is 2.42. The summed E-state index contributed by atoms with van der Waals surface area (Å²) in [4.78, 5) is 15.8. The maximum absolute atomic E-state index is 6.37. The van der Waals surface area contributed by atoms with Gasteiger partial charge in [-0.3, -0.25) is 0 Å². The van der Waals surface area contributed by atoms with Crippen molar-refractivity contribution in [3.8, 4) is 39.9 Å². The van der Waals surface area contributed by atoms with Crippen molar-refractivity contribution in [1.29, 1.82) is 0 Å². The summed E-state index contributed by atoms with van der Waals surface area (Å²) in [6, 6.07) is 47.0. The van der Waals surface area contributed by atoms with Crippen LogP contribution in [0.15, 0.2) is 144 Å². The molecule has 10 aromatic rings. The van der Waals surface area contributed by atoms with Crippen molar-refractivity contribution in [2.24, 2.45) is 0 Å². The molecule has 5 nitrogen and oxygen atoms in total. The zero-order valence-electron chi connectivity index (χ0n) is 27.4. The van der Waals surface area contributed by atoms with Crippen LogP contribution in [0.25, 0.3) is 98.9 Å². The first-order chi connectivity index (χ1) is 25.3. The van der Waals surface area contributed by atoms with Crippen molar-refractivity contribution in [2.75, 3.05) is 0 Å². The summed E-state index contributed by atoms with van der Waals surface area (Å²) in [5.41, 5.74) is 8.32. The molecule has 0 N–H and O–H groups in total. The quantitative estimate of drug-likeness (QED) is 0.187. The number of nitrogens with zero attached hydrogens (tertiary/aromatic N) is 4. The lowest BCUT2D eigenvalue weighted by Gasteiger charge is -2.11. The minimum atomic E-state index is 0.613. The van der Waals surface area contributed by atoms with Crippen molar-refractivity contribution < 1.29 is 4.42 Å². The van der Waals surface area contributed by atoms with Crippen LogP contribution in [-0.4, -0.2) is 19.5 Å². The predicted octanol–water partition coefficient (Wildman–Crippen LogP) is 12.0. The molecule has 0 saturated carbocycles. The third kappa shape index (κ3) is 4.36. The standard InChI is InChI=1S/C45H28N4OS/c1-2-12-28(13-3-1)49-35-19-7-4-15-31(35)41-33(17-10-20-36(41)49)44-46-43(27-24-25-30-29-14-5-8-21-37(29)50-38(30)26-27)47-45(48-44)34-18-11-23-40-42(34)32-16-6-9-22-39(32)51-40/h1-4,6-13,15-26H,5,14H2. The van der Waals surface area contributed by atoms with E-state index in [1.165, 1.54) is 25.7 Å². The Bertz CT molecular complexity index is 3040. The molecule has 4 aromatic heterocycles. The van der Waals surface area contributed by atoms with Gasteiger partial charge < -0.3 is 8.98 Å². The van der Waals surface area contributed by atoms with Gasteiger partial charge in [0.2, 0.25) is 0 Å². The molecule has 0 fully saturated rings. The highest BCUT2D eigenvalue weighted by Gasteiger charge is 2.22. The zero-order valence-corrected chi connectivity index (χ0v) is 28.2. The van der Waals surface area contributed by atoms with Crippen LogP contribution >= 0.6 is 11.3 Å². The zero-order chi connectivity index (χ0) is 33.5. The normalized spacial score (nSPS) is 12.9. The van der Waals surface area contributed by atoms with E-state index in [2.05, 4.69) is 150 Å². The molecule has 1 aliphatic rings. The number of allylic oxidation sites excluding steroid dienone is 1. The molecule has 0 amide bonds.